The molecule has 0 radical (unpaired) electrons. The summed E-state index contributed by atoms with van der Waals surface area (Å²) in [5.74, 6) is 0.310. The fraction of sp³-hybridized carbons (Fsp3) is 1.00. The van der Waals surface area contributed by atoms with Crippen LogP contribution in [0.4, 0.5) is 0 Å². The van der Waals surface area contributed by atoms with Gasteiger partial charge >= 0.3 is 0 Å². The smallest absolute Gasteiger partial charge is 0.163 e. The van der Waals surface area contributed by atoms with Gasteiger partial charge in [-0.05, 0) is 45.4 Å². The van der Waals surface area contributed by atoms with Crippen molar-refractivity contribution in [3.05, 3.63) is 0 Å². The fourth-order valence-electron chi connectivity index (χ4n) is 2.68. The third kappa shape index (κ3) is 2.10. The van der Waals surface area contributed by atoms with Crippen molar-refractivity contribution in [1.82, 2.24) is 0 Å². The van der Waals surface area contributed by atoms with Crippen molar-refractivity contribution in [2.45, 2.75) is 57.5 Å². The summed E-state index contributed by atoms with van der Waals surface area (Å²) in [5, 5.41) is 8.75. The first kappa shape index (κ1) is 10.4. The number of hydrogen-bond donors (Lipinski definition) is 1. The molecular weight excluding hydrogens is 180 g/mol. The van der Waals surface area contributed by atoms with E-state index in [1.54, 1.807) is 0 Å². The summed E-state index contributed by atoms with van der Waals surface area (Å²) in [5.41, 5.74) is 0. The van der Waals surface area contributed by atoms with Crippen molar-refractivity contribution in [2.24, 2.45) is 5.92 Å². The zero-order valence-electron chi connectivity index (χ0n) is 9.03. The van der Waals surface area contributed by atoms with Crippen LogP contribution in [0, 0.1) is 5.92 Å². The molecule has 1 aliphatic heterocycles. The summed E-state index contributed by atoms with van der Waals surface area (Å²) in [7, 11) is 0. The molecular formula is C11H20O3. The summed E-state index contributed by atoms with van der Waals surface area (Å²) >= 11 is 0. The number of aliphatic hydroxyl groups is 1. The Morgan fingerprint density at radius 3 is 2.29 bits per heavy atom. The first-order valence-corrected chi connectivity index (χ1v) is 5.57. The molecule has 1 saturated heterocycles. The average molecular weight is 200 g/mol. The van der Waals surface area contributed by atoms with Crippen LogP contribution in [0.2, 0.25) is 0 Å². The van der Waals surface area contributed by atoms with Gasteiger partial charge in [0.15, 0.2) is 5.79 Å². The zero-order chi connectivity index (χ0) is 10.2. The van der Waals surface area contributed by atoms with Crippen LogP contribution in [0.15, 0.2) is 0 Å². The van der Waals surface area contributed by atoms with E-state index in [9.17, 15) is 0 Å². The Labute approximate surface area is 85.4 Å². The molecule has 1 N–H and O–H groups in total. The summed E-state index contributed by atoms with van der Waals surface area (Å²) in [6, 6.07) is 0. The molecule has 0 aromatic heterocycles. The molecule has 3 atom stereocenters. The Bertz CT molecular complexity index is 187. The van der Waals surface area contributed by atoms with Gasteiger partial charge in [0.25, 0.3) is 0 Å². The molecule has 3 heteroatoms. The third-order valence-corrected chi connectivity index (χ3v) is 3.19. The number of aliphatic hydroxyl groups excluding tert-OH is 1. The molecule has 1 aliphatic carbocycles. The topological polar surface area (TPSA) is 38.7 Å². The van der Waals surface area contributed by atoms with Gasteiger partial charge in [0, 0.05) is 6.61 Å². The number of fused-ring (bicyclic) bond motifs is 1. The summed E-state index contributed by atoms with van der Waals surface area (Å²) < 4.78 is 11.6. The van der Waals surface area contributed by atoms with Crippen molar-refractivity contribution in [3.8, 4) is 0 Å². The van der Waals surface area contributed by atoms with E-state index in [1.807, 2.05) is 13.8 Å². The minimum atomic E-state index is -0.378. The van der Waals surface area contributed by atoms with E-state index in [-0.39, 0.29) is 5.79 Å². The lowest BCUT2D eigenvalue weighted by atomic mass is 10.0. The van der Waals surface area contributed by atoms with Gasteiger partial charge in [-0.25, -0.2) is 0 Å². The molecule has 0 bridgehead atoms. The van der Waals surface area contributed by atoms with E-state index in [1.165, 1.54) is 0 Å². The highest BCUT2D eigenvalue weighted by molar-refractivity contribution is 4.91. The maximum Gasteiger partial charge on any atom is 0.163 e. The fourth-order valence-corrected chi connectivity index (χ4v) is 2.68. The Morgan fingerprint density at radius 1 is 1.21 bits per heavy atom. The van der Waals surface area contributed by atoms with Crippen molar-refractivity contribution < 1.29 is 14.6 Å². The zero-order valence-corrected chi connectivity index (χ0v) is 9.03. The highest BCUT2D eigenvalue weighted by Crippen LogP contribution is 2.42. The van der Waals surface area contributed by atoms with Gasteiger partial charge in [-0.1, -0.05) is 0 Å². The van der Waals surface area contributed by atoms with Gasteiger partial charge < -0.3 is 14.6 Å². The summed E-state index contributed by atoms with van der Waals surface area (Å²) in [6.07, 6.45) is 4.83. The molecule has 2 fully saturated rings. The summed E-state index contributed by atoms with van der Waals surface area (Å²) in [4.78, 5) is 0. The van der Waals surface area contributed by atoms with Crippen LogP contribution < -0.4 is 0 Å². The second-order valence-corrected chi connectivity index (χ2v) is 4.92. The molecule has 0 aromatic rings. The van der Waals surface area contributed by atoms with Gasteiger partial charge in [-0.2, -0.15) is 0 Å². The monoisotopic (exact) mass is 200 g/mol. The van der Waals surface area contributed by atoms with Crippen LogP contribution in [0.25, 0.3) is 0 Å². The molecule has 2 rings (SSSR count). The van der Waals surface area contributed by atoms with Crippen LogP contribution in [-0.2, 0) is 9.47 Å². The molecule has 2 aliphatic rings. The van der Waals surface area contributed by atoms with E-state index < -0.39 is 0 Å². The molecule has 1 unspecified atom stereocenters. The van der Waals surface area contributed by atoms with Crippen LogP contribution in [0.3, 0.4) is 0 Å². The maximum atomic E-state index is 8.75. The van der Waals surface area contributed by atoms with Gasteiger partial charge in [-0.15, -0.1) is 0 Å². The second kappa shape index (κ2) is 3.80. The quantitative estimate of drug-likeness (QED) is 0.753. The van der Waals surface area contributed by atoms with E-state index in [0.717, 1.165) is 25.7 Å². The van der Waals surface area contributed by atoms with Crippen LogP contribution in [0.1, 0.15) is 39.5 Å². The standard InChI is InChI=1S/C11H20O3/c1-11(2)13-9-6-8(4-3-5-12)7-10(9)14-11/h8-10,12H,3-7H2,1-2H3/t8?,9-,10+. The predicted octanol–water partition coefficient (Wildman–Crippen LogP) is 1.69. The Balaban J connectivity index is 1.81. The largest absolute Gasteiger partial charge is 0.396 e. The SMILES string of the molecule is CC1(C)O[C@H]2CC(CCCO)C[C@H]2O1. The lowest BCUT2D eigenvalue weighted by Crippen LogP contribution is -2.23. The highest BCUT2D eigenvalue weighted by atomic mass is 16.8. The normalized spacial score (nSPS) is 40.1. The Kier molecular flexibility index (Phi) is 2.82. The van der Waals surface area contributed by atoms with Gasteiger partial charge in [0.1, 0.15) is 0 Å². The van der Waals surface area contributed by atoms with E-state index in [4.69, 9.17) is 14.6 Å². The molecule has 0 amide bonds. The van der Waals surface area contributed by atoms with Gasteiger partial charge in [-0.3, -0.25) is 0 Å². The van der Waals surface area contributed by atoms with E-state index in [2.05, 4.69) is 0 Å². The van der Waals surface area contributed by atoms with Crippen LogP contribution in [-0.4, -0.2) is 29.7 Å². The molecule has 1 heterocycles. The van der Waals surface area contributed by atoms with Crippen LogP contribution in [0.5, 0.6) is 0 Å². The van der Waals surface area contributed by atoms with Crippen molar-refractivity contribution in [1.29, 1.82) is 0 Å². The third-order valence-electron chi connectivity index (χ3n) is 3.19. The van der Waals surface area contributed by atoms with Crippen LogP contribution >= 0.6 is 0 Å². The molecule has 0 aromatic carbocycles. The number of ether oxygens (including phenoxy) is 2. The second-order valence-electron chi connectivity index (χ2n) is 4.92. The maximum absolute atomic E-state index is 8.75. The first-order chi connectivity index (χ1) is 6.61. The average Bonchev–Trinajstić information content (AvgIpc) is 2.53. The number of rotatable bonds is 3. The van der Waals surface area contributed by atoms with Crippen molar-refractivity contribution in [2.75, 3.05) is 6.61 Å². The van der Waals surface area contributed by atoms with Crippen molar-refractivity contribution >= 4 is 0 Å². The Morgan fingerprint density at radius 2 is 1.79 bits per heavy atom. The molecule has 82 valence electrons. The molecule has 3 nitrogen and oxygen atoms in total. The van der Waals surface area contributed by atoms with E-state index in [0.29, 0.717) is 24.7 Å². The lowest BCUT2D eigenvalue weighted by molar-refractivity contribution is -0.154. The minimum absolute atomic E-state index is 0.300. The first-order valence-electron chi connectivity index (χ1n) is 5.57. The molecule has 14 heavy (non-hydrogen) atoms. The number of hydrogen-bond acceptors (Lipinski definition) is 3. The van der Waals surface area contributed by atoms with Gasteiger partial charge in [0.05, 0.1) is 12.2 Å². The lowest BCUT2D eigenvalue weighted by Gasteiger charge is -2.20. The van der Waals surface area contributed by atoms with Gasteiger partial charge in [0.2, 0.25) is 0 Å². The predicted molar refractivity (Wildman–Crippen MR) is 52.9 cm³/mol. The molecule has 1 saturated carbocycles. The minimum Gasteiger partial charge on any atom is -0.396 e. The molecule has 0 spiro atoms. The summed E-state index contributed by atoms with van der Waals surface area (Å²) in [6.45, 7) is 4.27. The Hall–Kier alpha value is -0.120. The van der Waals surface area contributed by atoms with Crippen molar-refractivity contribution in [3.63, 3.8) is 0 Å². The highest BCUT2D eigenvalue weighted by Gasteiger charge is 2.46. The van der Waals surface area contributed by atoms with E-state index >= 15 is 0 Å².